The summed E-state index contributed by atoms with van der Waals surface area (Å²) in [6.45, 7) is 2.34. The summed E-state index contributed by atoms with van der Waals surface area (Å²) < 4.78 is 0. The molecule has 1 atom stereocenters. The average molecular weight is 288 g/mol. The van der Waals surface area contributed by atoms with Crippen molar-refractivity contribution in [3.63, 3.8) is 0 Å². The largest absolute Gasteiger partial charge is 0.339 e. The Bertz CT molecular complexity index is 500. The molecule has 2 heterocycles. The van der Waals surface area contributed by atoms with E-state index in [0.717, 1.165) is 10.7 Å². The molecule has 0 saturated carbocycles. The molecule has 104 valence electrons. The minimum Gasteiger partial charge on any atom is -0.339 e. The molecule has 5 nitrogen and oxygen atoms in total. The predicted molar refractivity (Wildman–Crippen MR) is 78.1 cm³/mol. The third-order valence-electron chi connectivity index (χ3n) is 2.68. The van der Waals surface area contributed by atoms with Crippen molar-refractivity contribution in [2.24, 2.45) is 0 Å². The molecule has 0 aliphatic heterocycles. The van der Waals surface area contributed by atoms with Gasteiger partial charge in [0.15, 0.2) is 0 Å². The summed E-state index contributed by atoms with van der Waals surface area (Å²) >= 11 is 1.45. The van der Waals surface area contributed by atoms with Crippen LogP contribution in [0.25, 0.3) is 0 Å². The summed E-state index contributed by atoms with van der Waals surface area (Å²) in [6, 6.07) is 5.67. The lowest BCUT2D eigenvalue weighted by Crippen LogP contribution is -2.33. The maximum atomic E-state index is 12.3. The van der Waals surface area contributed by atoms with E-state index in [-0.39, 0.29) is 11.2 Å². The van der Waals surface area contributed by atoms with Crippen LogP contribution in [0.1, 0.15) is 12.6 Å². The zero-order valence-electron chi connectivity index (χ0n) is 11.4. The summed E-state index contributed by atoms with van der Waals surface area (Å²) in [4.78, 5) is 26.3. The maximum absolute atomic E-state index is 12.3. The number of nitrogens with zero attached hydrogens (tertiary/aromatic N) is 4. The summed E-state index contributed by atoms with van der Waals surface area (Å²) in [5.41, 5.74) is 0.776. The van der Waals surface area contributed by atoms with Gasteiger partial charge in [-0.25, -0.2) is 4.98 Å². The minimum absolute atomic E-state index is 0.0475. The molecule has 0 bridgehead atoms. The van der Waals surface area contributed by atoms with Crippen molar-refractivity contribution in [1.82, 2.24) is 19.9 Å². The van der Waals surface area contributed by atoms with Gasteiger partial charge < -0.3 is 4.90 Å². The van der Waals surface area contributed by atoms with Crippen molar-refractivity contribution in [2.75, 3.05) is 7.05 Å². The minimum atomic E-state index is -0.188. The molecule has 6 heteroatoms. The van der Waals surface area contributed by atoms with E-state index in [1.165, 1.54) is 11.8 Å². The fourth-order valence-corrected chi connectivity index (χ4v) is 2.61. The van der Waals surface area contributed by atoms with Gasteiger partial charge in [0.25, 0.3) is 0 Å². The number of carbonyl (C=O) groups excluding carboxylic acids is 1. The number of rotatable bonds is 5. The normalized spacial score (nSPS) is 11.9. The van der Waals surface area contributed by atoms with Crippen LogP contribution < -0.4 is 0 Å². The van der Waals surface area contributed by atoms with Crippen molar-refractivity contribution in [3.8, 4) is 0 Å². The zero-order chi connectivity index (χ0) is 14.4. The van der Waals surface area contributed by atoms with Gasteiger partial charge in [-0.2, -0.15) is 0 Å². The van der Waals surface area contributed by atoms with Crippen LogP contribution in [0.15, 0.2) is 48.0 Å². The molecular formula is C14H16N4OS. The molecule has 0 fully saturated rings. The van der Waals surface area contributed by atoms with Gasteiger partial charge in [0, 0.05) is 25.6 Å². The Hall–Kier alpha value is -1.95. The van der Waals surface area contributed by atoms with Crippen LogP contribution in [-0.2, 0) is 11.3 Å². The van der Waals surface area contributed by atoms with E-state index >= 15 is 0 Å². The van der Waals surface area contributed by atoms with Gasteiger partial charge in [-0.05, 0) is 19.1 Å². The highest BCUT2D eigenvalue weighted by molar-refractivity contribution is 8.00. The van der Waals surface area contributed by atoms with E-state index in [9.17, 15) is 4.79 Å². The second kappa shape index (κ2) is 7.00. The van der Waals surface area contributed by atoms with E-state index in [0.29, 0.717) is 6.54 Å². The molecule has 2 rings (SSSR count). The first-order valence-corrected chi connectivity index (χ1v) is 7.12. The average Bonchev–Trinajstić information content (AvgIpc) is 2.48. The lowest BCUT2D eigenvalue weighted by atomic mass is 10.3. The number of hydrogen-bond donors (Lipinski definition) is 0. The third kappa shape index (κ3) is 4.03. The first kappa shape index (κ1) is 14.5. The number of amides is 1. The van der Waals surface area contributed by atoms with Gasteiger partial charge in [0.05, 0.1) is 28.7 Å². The third-order valence-corrected chi connectivity index (χ3v) is 3.71. The van der Waals surface area contributed by atoms with Crippen LogP contribution in [0.3, 0.4) is 0 Å². The van der Waals surface area contributed by atoms with Crippen molar-refractivity contribution in [3.05, 3.63) is 48.7 Å². The van der Waals surface area contributed by atoms with Gasteiger partial charge in [-0.1, -0.05) is 17.8 Å². The highest BCUT2D eigenvalue weighted by Gasteiger charge is 2.19. The van der Waals surface area contributed by atoms with E-state index in [1.54, 1.807) is 36.7 Å². The van der Waals surface area contributed by atoms with Crippen molar-refractivity contribution < 1.29 is 4.79 Å². The summed E-state index contributed by atoms with van der Waals surface area (Å²) in [6.07, 6.45) is 6.63. The lowest BCUT2D eigenvalue weighted by molar-refractivity contribution is -0.129. The van der Waals surface area contributed by atoms with Crippen LogP contribution in [-0.4, -0.2) is 38.1 Å². The van der Waals surface area contributed by atoms with E-state index in [1.807, 2.05) is 25.1 Å². The van der Waals surface area contributed by atoms with Crippen molar-refractivity contribution >= 4 is 17.7 Å². The Balaban J connectivity index is 1.93. The van der Waals surface area contributed by atoms with Crippen LogP contribution in [0.2, 0.25) is 0 Å². The van der Waals surface area contributed by atoms with E-state index < -0.39 is 0 Å². The highest BCUT2D eigenvalue weighted by Crippen LogP contribution is 2.22. The second-order valence-electron chi connectivity index (χ2n) is 4.32. The molecule has 0 N–H and O–H groups in total. The van der Waals surface area contributed by atoms with Gasteiger partial charge >= 0.3 is 0 Å². The first-order valence-electron chi connectivity index (χ1n) is 6.24. The Morgan fingerprint density at radius 3 is 2.80 bits per heavy atom. The summed E-state index contributed by atoms with van der Waals surface area (Å²) in [7, 11) is 1.77. The predicted octanol–water partition coefficient (Wildman–Crippen LogP) is 2.01. The number of carbonyl (C=O) groups is 1. The monoisotopic (exact) mass is 288 g/mol. The van der Waals surface area contributed by atoms with Gasteiger partial charge in [-0.15, -0.1) is 0 Å². The molecule has 2 aromatic rings. The molecule has 0 saturated heterocycles. The number of thioether (sulfide) groups is 1. The molecule has 0 spiro atoms. The highest BCUT2D eigenvalue weighted by atomic mass is 32.2. The molecule has 0 aliphatic carbocycles. The van der Waals surface area contributed by atoms with Crippen molar-refractivity contribution in [2.45, 2.75) is 23.7 Å². The van der Waals surface area contributed by atoms with Crippen molar-refractivity contribution in [1.29, 1.82) is 0 Å². The maximum Gasteiger partial charge on any atom is 0.235 e. The molecule has 20 heavy (non-hydrogen) atoms. The Morgan fingerprint density at radius 1 is 1.30 bits per heavy atom. The van der Waals surface area contributed by atoms with Gasteiger partial charge in [0.1, 0.15) is 0 Å². The van der Waals surface area contributed by atoms with Crippen LogP contribution >= 0.6 is 11.8 Å². The Morgan fingerprint density at radius 2 is 2.15 bits per heavy atom. The van der Waals surface area contributed by atoms with Crippen LogP contribution in [0, 0.1) is 0 Å². The zero-order valence-corrected chi connectivity index (χ0v) is 12.2. The Labute approximate surface area is 122 Å². The van der Waals surface area contributed by atoms with Gasteiger partial charge in [0.2, 0.25) is 5.91 Å². The molecule has 1 amide bonds. The lowest BCUT2D eigenvalue weighted by Gasteiger charge is -2.20. The molecule has 0 aliphatic rings. The second-order valence-corrected chi connectivity index (χ2v) is 5.68. The Kier molecular flexibility index (Phi) is 5.06. The fourth-order valence-electron chi connectivity index (χ4n) is 1.69. The molecule has 0 aromatic carbocycles. The molecule has 1 unspecified atom stereocenters. The SMILES string of the molecule is CC(Sc1ccccn1)C(=O)N(C)Cc1cnccn1. The number of aromatic nitrogens is 3. The van der Waals surface area contributed by atoms with Crippen LogP contribution in [0.5, 0.6) is 0 Å². The topological polar surface area (TPSA) is 59.0 Å². The smallest absolute Gasteiger partial charge is 0.235 e. The van der Waals surface area contributed by atoms with Gasteiger partial charge in [-0.3, -0.25) is 14.8 Å². The summed E-state index contributed by atoms with van der Waals surface area (Å²) in [5.74, 6) is 0.0475. The quantitative estimate of drug-likeness (QED) is 0.788. The molecule has 2 aromatic heterocycles. The number of hydrogen-bond acceptors (Lipinski definition) is 5. The number of pyridine rings is 1. The fraction of sp³-hybridized carbons (Fsp3) is 0.286. The van der Waals surface area contributed by atoms with E-state index in [4.69, 9.17) is 0 Å². The standard InChI is InChI=1S/C14H16N4OS/c1-11(20-13-5-3-4-6-17-13)14(19)18(2)10-12-9-15-7-8-16-12/h3-9,11H,10H2,1-2H3. The van der Waals surface area contributed by atoms with E-state index in [2.05, 4.69) is 15.0 Å². The molecular weight excluding hydrogens is 272 g/mol. The molecule has 0 radical (unpaired) electrons. The van der Waals surface area contributed by atoms with Crippen LogP contribution in [0.4, 0.5) is 0 Å². The summed E-state index contributed by atoms with van der Waals surface area (Å²) in [5, 5.41) is 0.660. The first-order chi connectivity index (χ1) is 9.66.